The first-order chi connectivity index (χ1) is 15.7. The molecule has 0 atom stereocenters. The van der Waals surface area contributed by atoms with Crippen LogP contribution >= 0.6 is 11.3 Å². The minimum absolute atomic E-state index is 0.102. The Morgan fingerprint density at radius 2 is 1.62 bits per heavy atom. The van der Waals surface area contributed by atoms with Crippen LogP contribution in [0.25, 0.3) is 10.2 Å². The highest BCUT2D eigenvalue weighted by molar-refractivity contribution is 7.20. The van der Waals surface area contributed by atoms with Crippen LogP contribution in [0.4, 0.5) is 0 Å². The van der Waals surface area contributed by atoms with Crippen LogP contribution in [0, 0.1) is 0 Å². The molecule has 0 aliphatic heterocycles. The van der Waals surface area contributed by atoms with Crippen molar-refractivity contribution in [2.24, 2.45) is 0 Å². The van der Waals surface area contributed by atoms with Crippen molar-refractivity contribution in [3.8, 4) is 16.7 Å². The molecule has 1 aromatic heterocycles. The Labute approximate surface area is 190 Å². The molecular weight excluding hydrogens is 424 g/mol. The fourth-order valence-electron chi connectivity index (χ4n) is 3.26. The molecular formula is C25H24N2O4S. The van der Waals surface area contributed by atoms with Crippen molar-refractivity contribution >= 4 is 27.5 Å². The van der Waals surface area contributed by atoms with E-state index in [-0.39, 0.29) is 6.42 Å². The maximum absolute atomic E-state index is 11.0. The number of aromatic nitrogens is 1. The highest BCUT2D eigenvalue weighted by Crippen LogP contribution is 2.31. The SMILES string of the molecule is O=C(O)CCN(CCOc1ccc(Oc2nc3ccccc3s2)cc1)Cc1ccccc1. The van der Waals surface area contributed by atoms with Gasteiger partial charge in [-0.15, -0.1) is 0 Å². The van der Waals surface area contributed by atoms with Crippen LogP contribution in [0.15, 0.2) is 78.9 Å². The van der Waals surface area contributed by atoms with Crippen molar-refractivity contribution < 1.29 is 19.4 Å². The van der Waals surface area contributed by atoms with Gasteiger partial charge in [-0.25, -0.2) is 4.98 Å². The van der Waals surface area contributed by atoms with Gasteiger partial charge in [-0.05, 0) is 42.0 Å². The molecule has 0 fully saturated rings. The minimum atomic E-state index is -0.798. The molecule has 4 rings (SSSR count). The third kappa shape index (κ3) is 6.29. The van der Waals surface area contributed by atoms with Gasteiger partial charge in [-0.1, -0.05) is 53.8 Å². The lowest BCUT2D eigenvalue weighted by atomic mass is 10.2. The number of aliphatic carboxylic acids is 1. The topological polar surface area (TPSA) is 71.9 Å². The smallest absolute Gasteiger partial charge is 0.304 e. The molecule has 0 aliphatic rings. The lowest BCUT2D eigenvalue weighted by Crippen LogP contribution is -2.30. The normalized spacial score (nSPS) is 11.0. The fourth-order valence-corrected chi connectivity index (χ4v) is 4.09. The molecule has 0 saturated carbocycles. The van der Waals surface area contributed by atoms with Gasteiger partial charge in [-0.3, -0.25) is 9.69 Å². The number of thiazole rings is 1. The lowest BCUT2D eigenvalue weighted by molar-refractivity contribution is -0.137. The first-order valence-corrected chi connectivity index (χ1v) is 11.2. The van der Waals surface area contributed by atoms with Crippen LogP contribution in [0.1, 0.15) is 12.0 Å². The van der Waals surface area contributed by atoms with Gasteiger partial charge in [0.2, 0.25) is 0 Å². The van der Waals surface area contributed by atoms with Gasteiger partial charge in [0.1, 0.15) is 18.1 Å². The van der Waals surface area contributed by atoms with E-state index in [2.05, 4.69) is 9.88 Å². The summed E-state index contributed by atoms with van der Waals surface area (Å²) < 4.78 is 12.8. The first-order valence-electron chi connectivity index (χ1n) is 10.4. The summed E-state index contributed by atoms with van der Waals surface area (Å²) in [6.07, 6.45) is 0.102. The monoisotopic (exact) mass is 448 g/mol. The number of carbonyl (C=O) groups is 1. The number of para-hydroxylation sites is 1. The number of benzene rings is 3. The molecule has 6 nitrogen and oxygen atoms in total. The van der Waals surface area contributed by atoms with E-state index in [9.17, 15) is 4.79 Å². The fraction of sp³-hybridized carbons (Fsp3) is 0.200. The van der Waals surface area contributed by atoms with Gasteiger partial charge in [0.05, 0.1) is 16.6 Å². The molecule has 7 heteroatoms. The van der Waals surface area contributed by atoms with Gasteiger partial charge >= 0.3 is 5.97 Å². The van der Waals surface area contributed by atoms with Crippen LogP contribution < -0.4 is 9.47 Å². The van der Waals surface area contributed by atoms with E-state index in [1.54, 1.807) is 0 Å². The zero-order valence-electron chi connectivity index (χ0n) is 17.5. The molecule has 0 unspecified atom stereocenters. The van der Waals surface area contributed by atoms with Gasteiger partial charge in [0.15, 0.2) is 0 Å². The number of carboxylic acids is 1. The largest absolute Gasteiger partial charge is 0.492 e. The second-order valence-electron chi connectivity index (χ2n) is 7.27. The Balaban J connectivity index is 1.29. The van der Waals surface area contributed by atoms with Crippen molar-refractivity contribution in [1.29, 1.82) is 0 Å². The Morgan fingerprint density at radius 3 is 2.38 bits per heavy atom. The Kier molecular flexibility index (Phi) is 7.32. The molecule has 4 aromatic rings. The van der Waals surface area contributed by atoms with E-state index in [4.69, 9.17) is 14.6 Å². The van der Waals surface area contributed by atoms with Crippen molar-refractivity contribution in [3.05, 3.63) is 84.4 Å². The Hall–Kier alpha value is -3.42. The molecule has 0 bridgehead atoms. The highest BCUT2D eigenvalue weighted by atomic mass is 32.1. The van der Waals surface area contributed by atoms with Gasteiger partial charge < -0.3 is 14.6 Å². The Bertz CT molecular complexity index is 1110. The molecule has 0 radical (unpaired) electrons. The molecule has 0 saturated heterocycles. The van der Waals surface area contributed by atoms with E-state index in [1.807, 2.05) is 78.9 Å². The van der Waals surface area contributed by atoms with E-state index in [1.165, 1.54) is 11.3 Å². The van der Waals surface area contributed by atoms with Gasteiger partial charge in [0.25, 0.3) is 5.19 Å². The van der Waals surface area contributed by atoms with E-state index < -0.39 is 5.97 Å². The number of nitrogens with zero attached hydrogens (tertiary/aromatic N) is 2. The summed E-state index contributed by atoms with van der Waals surface area (Å²) in [6.45, 7) is 2.26. The number of fused-ring (bicyclic) bond motifs is 1. The number of hydrogen-bond acceptors (Lipinski definition) is 6. The maximum atomic E-state index is 11.0. The summed E-state index contributed by atoms with van der Waals surface area (Å²) in [7, 11) is 0. The third-order valence-electron chi connectivity index (χ3n) is 4.87. The third-order valence-corrected chi connectivity index (χ3v) is 5.78. The summed E-state index contributed by atoms with van der Waals surface area (Å²) in [5.41, 5.74) is 2.07. The number of rotatable bonds is 11. The predicted molar refractivity (Wildman–Crippen MR) is 126 cm³/mol. The summed E-state index contributed by atoms with van der Waals surface area (Å²) in [5.74, 6) is 0.635. The number of hydrogen-bond donors (Lipinski definition) is 1. The Morgan fingerprint density at radius 1 is 0.906 bits per heavy atom. The standard InChI is InChI=1S/C25H24N2O4S/c28-24(29)14-15-27(18-19-6-2-1-3-7-19)16-17-30-20-10-12-21(13-11-20)31-25-26-22-8-4-5-9-23(22)32-25/h1-13H,14-18H2,(H,28,29). The predicted octanol–water partition coefficient (Wildman–Crippen LogP) is 5.44. The molecule has 1 heterocycles. The summed E-state index contributed by atoms with van der Waals surface area (Å²) in [6, 6.07) is 25.4. The van der Waals surface area contributed by atoms with Crippen molar-refractivity contribution in [1.82, 2.24) is 9.88 Å². The average Bonchev–Trinajstić information content (AvgIpc) is 3.21. The molecule has 164 valence electrons. The second-order valence-corrected chi connectivity index (χ2v) is 8.27. The van der Waals surface area contributed by atoms with Crippen molar-refractivity contribution in [2.75, 3.05) is 19.7 Å². The molecule has 3 aromatic carbocycles. The van der Waals surface area contributed by atoms with Crippen LogP contribution in [0.5, 0.6) is 16.7 Å². The first kappa shape index (κ1) is 21.8. The van der Waals surface area contributed by atoms with Gasteiger partial charge in [-0.2, -0.15) is 0 Å². The number of carboxylic acid groups (broad SMARTS) is 1. The lowest BCUT2D eigenvalue weighted by Gasteiger charge is -2.21. The molecule has 1 N–H and O–H groups in total. The van der Waals surface area contributed by atoms with Gasteiger partial charge in [0, 0.05) is 19.6 Å². The molecule has 0 spiro atoms. The van der Waals surface area contributed by atoms with Crippen LogP contribution in [0.2, 0.25) is 0 Å². The van der Waals surface area contributed by atoms with Crippen LogP contribution in [-0.2, 0) is 11.3 Å². The molecule has 0 amide bonds. The van der Waals surface area contributed by atoms with Crippen LogP contribution in [-0.4, -0.2) is 40.7 Å². The quantitative estimate of drug-likeness (QED) is 0.329. The molecule has 32 heavy (non-hydrogen) atoms. The van der Waals surface area contributed by atoms with E-state index in [0.717, 1.165) is 21.5 Å². The zero-order chi connectivity index (χ0) is 22.2. The maximum Gasteiger partial charge on any atom is 0.304 e. The second kappa shape index (κ2) is 10.7. The van der Waals surface area contributed by atoms with E-state index >= 15 is 0 Å². The summed E-state index contributed by atoms with van der Waals surface area (Å²) in [4.78, 5) is 17.6. The number of ether oxygens (including phenoxy) is 2. The summed E-state index contributed by atoms with van der Waals surface area (Å²) >= 11 is 1.51. The van der Waals surface area contributed by atoms with Crippen LogP contribution in [0.3, 0.4) is 0 Å². The van der Waals surface area contributed by atoms with Crippen molar-refractivity contribution in [2.45, 2.75) is 13.0 Å². The minimum Gasteiger partial charge on any atom is -0.492 e. The van der Waals surface area contributed by atoms with Crippen molar-refractivity contribution in [3.63, 3.8) is 0 Å². The molecule has 0 aliphatic carbocycles. The summed E-state index contributed by atoms with van der Waals surface area (Å²) in [5, 5.41) is 9.64. The zero-order valence-corrected chi connectivity index (χ0v) is 18.3. The van der Waals surface area contributed by atoms with E-state index in [0.29, 0.717) is 37.2 Å². The average molecular weight is 449 g/mol. The highest BCUT2D eigenvalue weighted by Gasteiger charge is 2.10.